The molecule has 0 saturated carbocycles. The molecule has 176 valence electrons. The minimum absolute atomic E-state index is 0.194. The highest BCUT2D eigenvalue weighted by Gasteiger charge is 2.31. The zero-order valence-electron chi connectivity index (χ0n) is 17.6. The summed E-state index contributed by atoms with van der Waals surface area (Å²) in [6, 6.07) is 3.52. The van der Waals surface area contributed by atoms with Crippen molar-refractivity contribution in [1.82, 2.24) is 16.0 Å². The summed E-state index contributed by atoms with van der Waals surface area (Å²) in [6.45, 7) is 2.49. The number of aliphatic hydroxyl groups is 1. The Morgan fingerprint density at radius 3 is 2.00 bits per heavy atom. The van der Waals surface area contributed by atoms with E-state index >= 15 is 0 Å². The van der Waals surface area contributed by atoms with Gasteiger partial charge in [-0.3, -0.25) is 19.2 Å². The van der Waals surface area contributed by atoms with E-state index in [-0.39, 0.29) is 6.42 Å². The third kappa shape index (κ3) is 8.70. The topological polar surface area (TPSA) is 208 Å². The lowest BCUT2D eigenvalue weighted by molar-refractivity contribution is -0.147. The Balaban J connectivity index is 2.72. The molecule has 0 radical (unpaired) electrons. The van der Waals surface area contributed by atoms with Crippen LogP contribution >= 0.6 is 0 Å². The Kier molecular flexibility index (Phi) is 10.3. The molecule has 1 aromatic rings. The van der Waals surface area contributed by atoms with Crippen LogP contribution in [0.25, 0.3) is 0 Å². The highest BCUT2D eigenvalue weighted by Crippen LogP contribution is 2.03. The third-order valence-corrected chi connectivity index (χ3v) is 4.44. The SMILES string of the molecule is CC(NC(=O)C(NC(=O)C(N)Cc1ccccc1)C(C)O)C(=O)NC(CC(=O)O)C(=O)O. The molecule has 0 aliphatic rings. The highest BCUT2D eigenvalue weighted by atomic mass is 16.4. The summed E-state index contributed by atoms with van der Waals surface area (Å²) in [4.78, 5) is 58.8. The van der Waals surface area contributed by atoms with Crippen molar-refractivity contribution in [2.45, 2.75) is 57.0 Å². The van der Waals surface area contributed by atoms with Gasteiger partial charge in [-0.05, 0) is 25.8 Å². The Hall–Kier alpha value is -3.51. The van der Waals surface area contributed by atoms with Crippen molar-refractivity contribution in [2.24, 2.45) is 5.73 Å². The molecular weight excluding hydrogens is 424 g/mol. The number of carboxylic acid groups (broad SMARTS) is 2. The maximum Gasteiger partial charge on any atom is 0.326 e. The molecule has 1 aromatic carbocycles. The Bertz CT molecular complexity index is 830. The van der Waals surface area contributed by atoms with Gasteiger partial charge in [-0.25, -0.2) is 4.79 Å². The van der Waals surface area contributed by atoms with Gasteiger partial charge in [-0.1, -0.05) is 30.3 Å². The lowest BCUT2D eigenvalue weighted by Gasteiger charge is -2.25. The van der Waals surface area contributed by atoms with E-state index < -0.39 is 66.4 Å². The van der Waals surface area contributed by atoms with Gasteiger partial charge in [-0.2, -0.15) is 0 Å². The number of nitrogens with one attached hydrogen (secondary N) is 3. The van der Waals surface area contributed by atoms with Gasteiger partial charge < -0.3 is 37.0 Å². The number of amides is 3. The van der Waals surface area contributed by atoms with Crippen molar-refractivity contribution >= 4 is 29.7 Å². The fraction of sp³-hybridized carbons (Fsp3) is 0.450. The maximum absolute atomic E-state index is 12.5. The minimum atomic E-state index is -1.69. The molecule has 12 nitrogen and oxygen atoms in total. The van der Waals surface area contributed by atoms with Crippen molar-refractivity contribution in [3.8, 4) is 0 Å². The number of carbonyl (C=O) groups excluding carboxylic acids is 3. The second-order valence-electron chi connectivity index (χ2n) is 7.25. The molecule has 1 rings (SSSR count). The van der Waals surface area contributed by atoms with Gasteiger partial charge >= 0.3 is 11.9 Å². The van der Waals surface area contributed by atoms with Crippen molar-refractivity contribution in [2.75, 3.05) is 0 Å². The van der Waals surface area contributed by atoms with E-state index in [1.165, 1.54) is 13.8 Å². The molecule has 32 heavy (non-hydrogen) atoms. The third-order valence-electron chi connectivity index (χ3n) is 4.44. The van der Waals surface area contributed by atoms with Gasteiger partial charge in [0.05, 0.1) is 18.6 Å². The van der Waals surface area contributed by atoms with Gasteiger partial charge in [-0.15, -0.1) is 0 Å². The zero-order valence-corrected chi connectivity index (χ0v) is 17.6. The lowest BCUT2D eigenvalue weighted by atomic mass is 10.0. The predicted molar refractivity (Wildman–Crippen MR) is 111 cm³/mol. The number of rotatable bonds is 12. The van der Waals surface area contributed by atoms with Gasteiger partial charge in [0, 0.05) is 0 Å². The standard InChI is InChI=1S/C20H28N4O8/c1-10(17(28)23-14(20(31)32)9-15(26)27)22-19(30)16(11(2)25)24-18(29)13(21)8-12-6-4-3-5-7-12/h3-7,10-11,13-14,16,25H,8-9,21H2,1-2H3,(H,22,30)(H,23,28)(H,24,29)(H,26,27)(H,31,32). The first-order valence-corrected chi connectivity index (χ1v) is 9.75. The van der Waals surface area contributed by atoms with Crippen LogP contribution in [-0.4, -0.2) is 75.3 Å². The highest BCUT2D eigenvalue weighted by molar-refractivity contribution is 5.94. The van der Waals surface area contributed by atoms with Crippen LogP contribution in [0, 0.1) is 0 Å². The summed E-state index contributed by atoms with van der Waals surface area (Å²) < 4.78 is 0. The van der Waals surface area contributed by atoms with E-state index in [4.69, 9.17) is 15.9 Å². The summed E-state index contributed by atoms with van der Waals surface area (Å²) in [7, 11) is 0. The van der Waals surface area contributed by atoms with E-state index in [0.29, 0.717) is 0 Å². The average molecular weight is 452 g/mol. The van der Waals surface area contributed by atoms with E-state index in [2.05, 4.69) is 10.6 Å². The Morgan fingerprint density at radius 1 is 0.906 bits per heavy atom. The average Bonchev–Trinajstić information content (AvgIpc) is 2.70. The number of carboxylic acids is 2. The molecule has 0 bridgehead atoms. The van der Waals surface area contributed by atoms with Crippen LogP contribution < -0.4 is 21.7 Å². The van der Waals surface area contributed by atoms with Crippen LogP contribution in [0.2, 0.25) is 0 Å². The predicted octanol–water partition coefficient (Wildman–Crippen LogP) is -2.03. The molecule has 0 aromatic heterocycles. The molecule has 0 spiro atoms. The molecule has 0 saturated heterocycles. The molecule has 5 unspecified atom stereocenters. The minimum Gasteiger partial charge on any atom is -0.481 e. The molecule has 0 fully saturated rings. The van der Waals surface area contributed by atoms with E-state index in [0.717, 1.165) is 5.56 Å². The first-order chi connectivity index (χ1) is 14.9. The molecule has 12 heteroatoms. The lowest BCUT2D eigenvalue weighted by Crippen LogP contribution is -2.59. The molecule has 8 N–H and O–H groups in total. The van der Waals surface area contributed by atoms with Crippen molar-refractivity contribution < 1.29 is 39.3 Å². The van der Waals surface area contributed by atoms with Gasteiger partial charge in [0.2, 0.25) is 17.7 Å². The summed E-state index contributed by atoms with van der Waals surface area (Å²) in [6.07, 6.45) is -2.00. The first kappa shape index (κ1) is 26.5. The molecule has 0 aliphatic carbocycles. The van der Waals surface area contributed by atoms with Crippen LogP contribution in [0.4, 0.5) is 0 Å². The first-order valence-electron chi connectivity index (χ1n) is 9.75. The summed E-state index contributed by atoms with van der Waals surface area (Å²) in [5.41, 5.74) is 6.68. The van der Waals surface area contributed by atoms with Crippen molar-refractivity contribution in [3.63, 3.8) is 0 Å². The molecular formula is C20H28N4O8. The Morgan fingerprint density at radius 2 is 1.50 bits per heavy atom. The normalized spacial score (nSPS) is 15.4. The van der Waals surface area contributed by atoms with Gasteiger partial charge in [0.25, 0.3) is 0 Å². The number of aliphatic hydroxyl groups excluding tert-OH is 1. The summed E-state index contributed by atoms with van der Waals surface area (Å²) >= 11 is 0. The van der Waals surface area contributed by atoms with Crippen LogP contribution in [-0.2, 0) is 30.4 Å². The van der Waals surface area contributed by atoms with Crippen molar-refractivity contribution in [3.05, 3.63) is 35.9 Å². The number of aliphatic carboxylic acids is 2. The molecule has 0 aliphatic heterocycles. The van der Waals surface area contributed by atoms with Crippen LogP contribution in [0.15, 0.2) is 30.3 Å². The van der Waals surface area contributed by atoms with Gasteiger partial charge in [0.1, 0.15) is 18.1 Å². The summed E-state index contributed by atoms with van der Waals surface area (Å²) in [5.74, 6) is -5.55. The van der Waals surface area contributed by atoms with Crippen LogP contribution in [0.1, 0.15) is 25.8 Å². The fourth-order valence-electron chi connectivity index (χ4n) is 2.67. The quantitative estimate of drug-likeness (QED) is 0.186. The van der Waals surface area contributed by atoms with E-state index in [9.17, 15) is 29.1 Å². The molecule has 5 atom stereocenters. The number of carbonyl (C=O) groups is 5. The van der Waals surface area contributed by atoms with Crippen molar-refractivity contribution in [1.29, 1.82) is 0 Å². The second-order valence-corrected chi connectivity index (χ2v) is 7.25. The smallest absolute Gasteiger partial charge is 0.326 e. The van der Waals surface area contributed by atoms with E-state index in [1.807, 2.05) is 5.32 Å². The zero-order chi connectivity index (χ0) is 24.4. The number of nitrogens with two attached hydrogens (primary N) is 1. The molecule has 0 heterocycles. The largest absolute Gasteiger partial charge is 0.481 e. The summed E-state index contributed by atoms with van der Waals surface area (Å²) in [5, 5.41) is 34.2. The van der Waals surface area contributed by atoms with Gasteiger partial charge in [0.15, 0.2) is 0 Å². The second kappa shape index (κ2) is 12.4. The Labute approximate surface area is 184 Å². The van der Waals surface area contributed by atoms with Crippen LogP contribution in [0.5, 0.6) is 0 Å². The number of benzene rings is 1. The van der Waals surface area contributed by atoms with E-state index in [1.54, 1.807) is 30.3 Å². The maximum atomic E-state index is 12.5. The molecule has 3 amide bonds. The number of hydrogen-bond acceptors (Lipinski definition) is 7. The van der Waals surface area contributed by atoms with Crippen LogP contribution in [0.3, 0.4) is 0 Å². The number of hydrogen-bond donors (Lipinski definition) is 7. The fourth-order valence-corrected chi connectivity index (χ4v) is 2.67. The monoisotopic (exact) mass is 452 g/mol.